The van der Waals surface area contributed by atoms with Gasteiger partial charge >= 0.3 is 5.97 Å². The summed E-state index contributed by atoms with van der Waals surface area (Å²) in [6.07, 6.45) is 1.90. The highest BCUT2D eigenvalue weighted by Gasteiger charge is 2.12. The van der Waals surface area contributed by atoms with Crippen molar-refractivity contribution in [2.75, 3.05) is 13.2 Å². The van der Waals surface area contributed by atoms with E-state index in [-0.39, 0.29) is 19.0 Å². The second-order valence-corrected chi connectivity index (χ2v) is 9.24. The highest BCUT2D eigenvalue weighted by atomic mass is 19.1. The van der Waals surface area contributed by atoms with Gasteiger partial charge in [0.25, 0.3) is 0 Å². The lowest BCUT2D eigenvalue weighted by Gasteiger charge is -2.13. The topological polar surface area (TPSA) is 46.5 Å². The Labute approximate surface area is 211 Å². The van der Waals surface area contributed by atoms with Gasteiger partial charge in [-0.15, -0.1) is 0 Å². The summed E-state index contributed by atoms with van der Waals surface area (Å²) in [6, 6.07) is 23.6. The van der Waals surface area contributed by atoms with Crippen molar-refractivity contribution in [2.24, 2.45) is 0 Å². The van der Waals surface area contributed by atoms with Gasteiger partial charge in [-0.2, -0.15) is 0 Å². The molecule has 4 heteroatoms. The van der Waals surface area contributed by atoms with Gasteiger partial charge in [0, 0.05) is 24.2 Å². The molecule has 184 valence electrons. The Morgan fingerprint density at radius 3 is 2.31 bits per heavy atom. The van der Waals surface area contributed by atoms with Gasteiger partial charge in [-0.05, 0) is 77.4 Å². The van der Waals surface area contributed by atoms with Crippen molar-refractivity contribution in [1.82, 2.24) is 0 Å². The molecule has 1 N–H and O–H groups in total. The first-order valence-electron chi connectivity index (χ1n) is 12.2. The van der Waals surface area contributed by atoms with Gasteiger partial charge in [0.2, 0.25) is 0 Å². The summed E-state index contributed by atoms with van der Waals surface area (Å²) in [5.74, 6) is -0.690. The second kappa shape index (κ2) is 11.3. The molecule has 0 aliphatic rings. The van der Waals surface area contributed by atoms with Crippen LogP contribution in [0.4, 0.5) is 4.39 Å². The maximum Gasteiger partial charge on any atom is 0.333 e. The van der Waals surface area contributed by atoms with Crippen LogP contribution in [0.2, 0.25) is 0 Å². The third-order valence-electron chi connectivity index (χ3n) is 6.37. The molecule has 4 aromatic carbocycles. The minimum Gasteiger partial charge on any atom is -0.462 e. The van der Waals surface area contributed by atoms with Gasteiger partial charge in [-0.3, -0.25) is 0 Å². The molecule has 0 aliphatic heterocycles. The number of fused-ring (bicyclic) bond motifs is 1. The van der Waals surface area contributed by atoms with Crippen LogP contribution in [0.25, 0.3) is 33.0 Å². The lowest BCUT2D eigenvalue weighted by atomic mass is 9.93. The highest BCUT2D eigenvalue weighted by molar-refractivity contribution is 5.88. The van der Waals surface area contributed by atoms with E-state index in [1.807, 2.05) is 48.5 Å². The van der Waals surface area contributed by atoms with Gasteiger partial charge in [-0.1, -0.05) is 72.8 Å². The summed E-state index contributed by atoms with van der Waals surface area (Å²) in [6.45, 7) is 7.62. The maximum absolute atomic E-state index is 15.3. The molecule has 4 rings (SSSR count). The molecule has 0 saturated heterocycles. The SMILES string of the molecule is C=C(C)C(=O)OCCc1cc(-c2ccc(-c3ccc4cc(C)ccc4c3)c(F)c2)ccc1CCCO. The molecule has 0 atom stereocenters. The number of aryl methyl sites for hydroxylation is 2. The van der Waals surface area contributed by atoms with Crippen LogP contribution < -0.4 is 0 Å². The number of aliphatic hydroxyl groups is 1. The van der Waals surface area contributed by atoms with E-state index in [0.29, 0.717) is 24.0 Å². The van der Waals surface area contributed by atoms with Crippen LogP contribution in [-0.4, -0.2) is 24.3 Å². The molecule has 3 nitrogen and oxygen atoms in total. The first-order chi connectivity index (χ1) is 17.4. The number of carbonyl (C=O) groups excluding carboxylic acids is 1. The number of halogens is 1. The number of carbonyl (C=O) groups is 1. The largest absolute Gasteiger partial charge is 0.462 e. The fourth-order valence-electron chi connectivity index (χ4n) is 4.39. The van der Waals surface area contributed by atoms with Crippen molar-refractivity contribution < 1.29 is 19.0 Å². The number of benzene rings is 4. The first-order valence-corrected chi connectivity index (χ1v) is 12.2. The number of hydrogen-bond acceptors (Lipinski definition) is 3. The van der Waals surface area contributed by atoms with Crippen LogP contribution >= 0.6 is 0 Å². The third-order valence-corrected chi connectivity index (χ3v) is 6.37. The third kappa shape index (κ3) is 5.89. The molecule has 0 saturated carbocycles. The Kier molecular flexibility index (Phi) is 7.97. The average Bonchev–Trinajstić information content (AvgIpc) is 2.87. The Hall–Kier alpha value is -3.76. The molecule has 36 heavy (non-hydrogen) atoms. The maximum atomic E-state index is 15.3. The molecular formula is C32H31FO3. The highest BCUT2D eigenvalue weighted by Crippen LogP contribution is 2.31. The zero-order valence-electron chi connectivity index (χ0n) is 20.8. The molecule has 0 aromatic heterocycles. The van der Waals surface area contributed by atoms with Crippen molar-refractivity contribution in [3.8, 4) is 22.3 Å². The Balaban J connectivity index is 1.61. The van der Waals surface area contributed by atoms with Crippen LogP contribution in [-0.2, 0) is 22.4 Å². The van der Waals surface area contributed by atoms with E-state index >= 15 is 4.39 Å². The minimum absolute atomic E-state index is 0.104. The first kappa shape index (κ1) is 25.3. The fraction of sp³-hybridized carbons (Fsp3) is 0.219. The number of aliphatic hydroxyl groups excluding tert-OH is 1. The van der Waals surface area contributed by atoms with Gasteiger partial charge < -0.3 is 9.84 Å². The standard InChI is InChI=1S/C32H31FO3/c1-21(2)32(35)36-16-14-28-18-26(9-8-23(28)5-4-15-34)27-12-13-30(31(33)20-27)29-11-10-24-17-22(3)6-7-25(24)19-29/h6-13,17-20,34H,1,4-5,14-16H2,2-3H3. The zero-order valence-corrected chi connectivity index (χ0v) is 20.8. The summed E-state index contributed by atoms with van der Waals surface area (Å²) in [5.41, 5.74) is 6.74. The smallest absolute Gasteiger partial charge is 0.333 e. The normalized spacial score (nSPS) is 11.0. The van der Waals surface area contributed by atoms with Gasteiger partial charge in [0.05, 0.1) is 6.61 Å². The van der Waals surface area contributed by atoms with Crippen LogP contribution in [0.3, 0.4) is 0 Å². The van der Waals surface area contributed by atoms with E-state index in [1.165, 1.54) is 5.56 Å². The van der Waals surface area contributed by atoms with Crippen molar-refractivity contribution in [3.05, 3.63) is 107 Å². The minimum atomic E-state index is -0.412. The zero-order chi connectivity index (χ0) is 25.7. The molecule has 0 amide bonds. The van der Waals surface area contributed by atoms with E-state index in [0.717, 1.165) is 45.0 Å². The number of esters is 1. The monoisotopic (exact) mass is 482 g/mol. The predicted octanol–water partition coefficient (Wildman–Crippen LogP) is 7.21. The molecule has 4 aromatic rings. The van der Waals surface area contributed by atoms with E-state index < -0.39 is 5.97 Å². The molecule has 0 spiro atoms. The van der Waals surface area contributed by atoms with Gasteiger partial charge in [0.1, 0.15) is 5.82 Å². The molecular weight excluding hydrogens is 451 g/mol. The number of hydrogen-bond donors (Lipinski definition) is 1. The van der Waals surface area contributed by atoms with Crippen LogP contribution in [0, 0.1) is 12.7 Å². The molecule has 0 bridgehead atoms. The Morgan fingerprint density at radius 1 is 0.861 bits per heavy atom. The van der Waals surface area contributed by atoms with E-state index in [9.17, 15) is 9.90 Å². The van der Waals surface area contributed by atoms with Crippen molar-refractivity contribution in [2.45, 2.75) is 33.1 Å². The van der Waals surface area contributed by atoms with Gasteiger partial charge in [0.15, 0.2) is 0 Å². The van der Waals surface area contributed by atoms with E-state index in [2.05, 4.69) is 31.7 Å². The summed E-state index contributed by atoms with van der Waals surface area (Å²) in [7, 11) is 0. The van der Waals surface area contributed by atoms with Gasteiger partial charge in [-0.25, -0.2) is 9.18 Å². The lowest BCUT2D eigenvalue weighted by molar-refractivity contribution is -0.138. The van der Waals surface area contributed by atoms with Crippen molar-refractivity contribution >= 4 is 16.7 Å². The van der Waals surface area contributed by atoms with Crippen LogP contribution in [0.5, 0.6) is 0 Å². The molecule has 0 fully saturated rings. The second-order valence-electron chi connectivity index (χ2n) is 9.24. The van der Waals surface area contributed by atoms with E-state index in [4.69, 9.17) is 4.74 Å². The Morgan fingerprint density at radius 2 is 1.56 bits per heavy atom. The van der Waals surface area contributed by atoms with Crippen molar-refractivity contribution in [1.29, 1.82) is 0 Å². The molecule has 0 heterocycles. The molecule has 0 unspecified atom stereocenters. The van der Waals surface area contributed by atoms with Crippen LogP contribution in [0.1, 0.15) is 30.0 Å². The Bertz CT molecular complexity index is 1420. The summed E-state index contributed by atoms with van der Waals surface area (Å²) in [5, 5.41) is 11.5. The quantitative estimate of drug-likeness (QED) is 0.203. The van der Waals surface area contributed by atoms with Crippen LogP contribution in [0.15, 0.2) is 84.9 Å². The fourth-order valence-corrected chi connectivity index (χ4v) is 4.39. The summed E-state index contributed by atoms with van der Waals surface area (Å²) >= 11 is 0. The number of ether oxygens (including phenoxy) is 1. The summed E-state index contributed by atoms with van der Waals surface area (Å²) in [4.78, 5) is 11.8. The van der Waals surface area contributed by atoms with E-state index in [1.54, 1.807) is 13.0 Å². The summed E-state index contributed by atoms with van der Waals surface area (Å²) < 4.78 is 20.6. The average molecular weight is 483 g/mol. The predicted molar refractivity (Wildman–Crippen MR) is 144 cm³/mol. The molecule has 0 aliphatic carbocycles. The molecule has 0 radical (unpaired) electrons. The van der Waals surface area contributed by atoms with Crippen molar-refractivity contribution in [3.63, 3.8) is 0 Å². The lowest BCUT2D eigenvalue weighted by Crippen LogP contribution is -2.09. The number of rotatable bonds is 9.